The molecule has 0 unspecified atom stereocenters. The van der Waals surface area contributed by atoms with E-state index < -0.39 is 5.60 Å². The van der Waals surface area contributed by atoms with E-state index in [0.29, 0.717) is 13.1 Å². The number of carbonyl (C=O) groups is 1. The maximum atomic E-state index is 12.0. The summed E-state index contributed by atoms with van der Waals surface area (Å²) in [5.74, 6) is 0. The average molecular weight is 242 g/mol. The Morgan fingerprint density at radius 3 is 2.65 bits per heavy atom. The van der Waals surface area contributed by atoms with Crippen LogP contribution < -0.4 is 5.32 Å². The second-order valence-electron chi connectivity index (χ2n) is 6.17. The van der Waals surface area contributed by atoms with Gasteiger partial charge in [0.1, 0.15) is 5.60 Å². The van der Waals surface area contributed by atoms with E-state index in [2.05, 4.69) is 5.32 Å². The molecule has 0 aromatic rings. The van der Waals surface area contributed by atoms with Gasteiger partial charge in [-0.05, 0) is 33.6 Å². The number of nitrogens with zero attached hydrogens (tertiary/aromatic N) is 1. The summed E-state index contributed by atoms with van der Waals surface area (Å²) in [4.78, 5) is 13.7. The number of carbonyl (C=O) groups excluding carboxylic acids is 1. The van der Waals surface area contributed by atoms with Crippen LogP contribution in [0.4, 0.5) is 4.79 Å². The van der Waals surface area contributed by atoms with Gasteiger partial charge in [0.25, 0.3) is 0 Å². The molecular formula is C12H22N2O3. The van der Waals surface area contributed by atoms with Gasteiger partial charge in [-0.15, -0.1) is 0 Å². The number of amides is 1. The maximum absolute atomic E-state index is 12.0. The number of hydrogen-bond acceptors (Lipinski definition) is 4. The first-order valence-corrected chi connectivity index (χ1v) is 6.20. The molecule has 0 radical (unpaired) electrons. The molecule has 2 N–H and O–H groups in total. The molecule has 5 heteroatoms. The highest BCUT2D eigenvalue weighted by Crippen LogP contribution is 2.38. The van der Waals surface area contributed by atoms with Crippen molar-refractivity contribution >= 4 is 6.09 Å². The first-order valence-electron chi connectivity index (χ1n) is 6.20. The Labute approximate surface area is 102 Å². The summed E-state index contributed by atoms with van der Waals surface area (Å²) < 4.78 is 5.37. The standard InChI is InChI=1S/C12H22N2O3/c1-11(2,3)17-10(16)14-6-9(7-15)13-12(8-14)4-5-12/h9,13,15H,4-8H2,1-3H3/t9-/m0/s1. The number of aliphatic hydroxyl groups excluding tert-OH is 1. The lowest BCUT2D eigenvalue weighted by molar-refractivity contribution is 0.0106. The van der Waals surface area contributed by atoms with Crippen molar-refractivity contribution in [3.05, 3.63) is 0 Å². The number of aliphatic hydroxyl groups is 1. The highest BCUT2D eigenvalue weighted by atomic mass is 16.6. The topological polar surface area (TPSA) is 61.8 Å². The Hall–Kier alpha value is -0.810. The van der Waals surface area contributed by atoms with Crippen molar-refractivity contribution in [1.29, 1.82) is 0 Å². The molecule has 1 spiro atoms. The highest BCUT2D eigenvalue weighted by Gasteiger charge is 2.49. The van der Waals surface area contributed by atoms with E-state index in [1.165, 1.54) is 0 Å². The summed E-state index contributed by atoms with van der Waals surface area (Å²) in [7, 11) is 0. The van der Waals surface area contributed by atoms with Crippen LogP contribution in [0.5, 0.6) is 0 Å². The predicted octanol–water partition coefficient (Wildman–Crippen LogP) is 0.720. The smallest absolute Gasteiger partial charge is 0.410 e. The summed E-state index contributed by atoms with van der Waals surface area (Å²) in [6.45, 7) is 6.86. The maximum Gasteiger partial charge on any atom is 0.410 e. The minimum atomic E-state index is -0.465. The quantitative estimate of drug-likeness (QED) is 0.711. The molecule has 0 aromatic carbocycles. The number of hydrogen-bond donors (Lipinski definition) is 2. The van der Waals surface area contributed by atoms with Gasteiger partial charge < -0.3 is 20.1 Å². The third kappa shape index (κ3) is 3.10. The number of rotatable bonds is 1. The summed E-state index contributed by atoms with van der Waals surface area (Å²) in [6.07, 6.45) is 1.87. The molecule has 1 aliphatic carbocycles. The molecule has 1 saturated heterocycles. The molecule has 1 aliphatic heterocycles. The van der Waals surface area contributed by atoms with Crippen molar-refractivity contribution in [3.63, 3.8) is 0 Å². The van der Waals surface area contributed by atoms with Crippen molar-refractivity contribution in [2.45, 2.75) is 50.8 Å². The molecule has 5 nitrogen and oxygen atoms in total. The first-order chi connectivity index (χ1) is 7.84. The van der Waals surface area contributed by atoms with Crippen molar-refractivity contribution in [2.75, 3.05) is 19.7 Å². The Morgan fingerprint density at radius 1 is 1.53 bits per heavy atom. The Bertz CT molecular complexity index is 307. The SMILES string of the molecule is CC(C)(C)OC(=O)N1C[C@@H](CO)NC2(CC2)C1. The molecule has 0 bridgehead atoms. The summed E-state index contributed by atoms with van der Waals surface area (Å²) in [5.41, 5.74) is -0.421. The lowest BCUT2D eigenvalue weighted by atomic mass is 10.1. The van der Waals surface area contributed by atoms with Crippen LogP contribution in [0.3, 0.4) is 0 Å². The normalized spacial score (nSPS) is 27.1. The van der Waals surface area contributed by atoms with Gasteiger partial charge >= 0.3 is 6.09 Å². The van der Waals surface area contributed by atoms with Crippen molar-refractivity contribution < 1.29 is 14.6 Å². The van der Waals surface area contributed by atoms with Crippen LogP contribution in [0.1, 0.15) is 33.6 Å². The minimum Gasteiger partial charge on any atom is -0.444 e. The van der Waals surface area contributed by atoms with Gasteiger partial charge in [-0.25, -0.2) is 4.79 Å². The fourth-order valence-electron chi connectivity index (χ4n) is 2.24. The van der Waals surface area contributed by atoms with Crippen molar-refractivity contribution in [2.24, 2.45) is 0 Å². The van der Waals surface area contributed by atoms with E-state index in [1.54, 1.807) is 4.90 Å². The van der Waals surface area contributed by atoms with Crippen LogP contribution in [0.25, 0.3) is 0 Å². The zero-order valence-corrected chi connectivity index (χ0v) is 10.8. The predicted molar refractivity (Wildman–Crippen MR) is 63.8 cm³/mol. The van der Waals surface area contributed by atoms with Crippen LogP contribution in [0.2, 0.25) is 0 Å². The molecule has 1 heterocycles. The van der Waals surface area contributed by atoms with Gasteiger partial charge in [0.15, 0.2) is 0 Å². The zero-order valence-electron chi connectivity index (χ0n) is 10.8. The van der Waals surface area contributed by atoms with E-state index in [-0.39, 0.29) is 24.3 Å². The second kappa shape index (κ2) is 4.14. The number of piperazine rings is 1. The van der Waals surface area contributed by atoms with Crippen LogP contribution in [0, 0.1) is 0 Å². The Morgan fingerprint density at radius 2 is 2.18 bits per heavy atom. The van der Waals surface area contributed by atoms with Gasteiger partial charge in [-0.1, -0.05) is 0 Å². The zero-order chi connectivity index (χ0) is 12.7. The van der Waals surface area contributed by atoms with Crippen LogP contribution in [0.15, 0.2) is 0 Å². The monoisotopic (exact) mass is 242 g/mol. The fraction of sp³-hybridized carbons (Fsp3) is 0.917. The summed E-state index contributed by atoms with van der Waals surface area (Å²) in [5, 5.41) is 12.6. The highest BCUT2D eigenvalue weighted by molar-refractivity contribution is 5.68. The largest absolute Gasteiger partial charge is 0.444 e. The third-order valence-corrected chi connectivity index (χ3v) is 3.17. The van der Waals surface area contributed by atoms with Crippen LogP contribution in [-0.4, -0.2) is 53.0 Å². The van der Waals surface area contributed by atoms with E-state index >= 15 is 0 Å². The third-order valence-electron chi connectivity index (χ3n) is 3.17. The van der Waals surface area contributed by atoms with Crippen molar-refractivity contribution in [1.82, 2.24) is 10.2 Å². The summed E-state index contributed by atoms with van der Waals surface area (Å²) >= 11 is 0. The van der Waals surface area contributed by atoms with E-state index in [0.717, 1.165) is 12.8 Å². The average Bonchev–Trinajstić information content (AvgIpc) is 2.94. The van der Waals surface area contributed by atoms with Gasteiger partial charge in [0.2, 0.25) is 0 Å². The van der Waals surface area contributed by atoms with Gasteiger partial charge in [-0.3, -0.25) is 0 Å². The lowest BCUT2D eigenvalue weighted by Crippen LogP contribution is -2.61. The Balaban J connectivity index is 1.98. The van der Waals surface area contributed by atoms with E-state index in [4.69, 9.17) is 4.74 Å². The van der Waals surface area contributed by atoms with Gasteiger partial charge in [-0.2, -0.15) is 0 Å². The molecule has 1 amide bonds. The fourth-order valence-corrected chi connectivity index (χ4v) is 2.24. The molecule has 1 atom stereocenters. The lowest BCUT2D eigenvalue weighted by Gasteiger charge is -2.39. The Kier molecular flexibility index (Phi) is 3.08. The second-order valence-corrected chi connectivity index (χ2v) is 6.17. The molecule has 1 saturated carbocycles. The van der Waals surface area contributed by atoms with Gasteiger partial charge in [0.05, 0.1) is 6.61 Å². The molecule has 2 fully saturated rings. The van der Waals surface area contributed by atoms with Crippen LogP contribution in [-0.2, 0) is 4.74 Å². The van der Waals surface area contributed by atoms with Crippen LogP contribution >= 0.6 is 0 Å². The molecule has 98 valence electrons. The van der Waals surface area contributed by atoms with E-state index in [1.807, 2.05) is 20.8 Å². The number of ether oxygens (including phenoxy) is 1. The minimum absolute atomic E-state index is 0.0289. The first kappa shape index (κ1) is 12.6. The number of nitrogens with one attached hydrogen (secondary N) is 1. The van der Waals surface area contributed by atoms with Gasteiger partial charge in [0, 0.05) is 24.7 Å². The van der Waals surface area contributed by atoms with E-state index in [9.17, 15) is 9.90 Å². The molecule has 0 aromatic heterocycles. The molecule has 17 heavy (non-hydrogen) atoms. The summed E-state index contributed by atoms with van der Waals surface area (Å²) in [6, 6.07) is -0.0289. The molecule has 2 aliphatic rings. The molecular weight excluding hydrogens is 220 g/mol. The van der Waals surface area contributed by atoms with Crippen molar-refractivity contribution in [3.8, 4) is 0 Å². The molecule has 2 rings (SSSR count).